The lowest BCUT2D eigenvalue weighted by Crippen LogP contribution is -3.13. The summed E-state index contributed by atoms with van der Waals surface area (Å²) >= 11 is 3.41. The fourth-order valence-corrected chi connectivity index (χ4v) is 3.14. The summed E-state index contributed by atoms with van der Waals surface area (Å²) < 4.78 is 0.939. The number of phenolic OH excluding ortho intramolecular Hbond substituents is 1. The van der Waals surface area contributed by atoms with E-state index in [1.807, 2.05) is 12.1 Å². The number of nitrogens with zero attached hydrogens (tertiary/aromatic N) is 2. The Hall–Kier alpha value is -1.85. The van der Waals surface area contributed by atoms with Gasteiger partial charge >= 0.3 is 0 Å². The zero-order chi connectivity index (χ0) is 16.1. The summed E-state index contributed by atoms with van der Waals surface area (Å²) in [5.74, 6) is 0.255. The largest absolute Gasteiger partial charge is 0.507 e. The van der Waals surface area contributed by atoms with E-state index in [0.29, 0.717) is 0 Å². The molecule has 5 heteroatoms. The van der Waals surface area contributed by atoms with Crippen LogP contribution in [0.2, 0.25) is 0 Å². The molecule has 0 bridgehead atoms. The number of nitrogens with one attached hydrogen (secondary N) is 1. The number of hydrazone groups is 1. The second kappa shape index (κ2) is 7.62. The second-order valence-corrected chi connectivity index (χ2v) is 6.73. The molecule has 1 saturated heterocycles. The van der Waals surface area contributed by atoms with Crippen LogP contribution in [0.1, 0.15) is 11.1 Å². The molecule has 2 N–H and O–H groups in total. The highest BCUT2D eigenvalue weighted by Gasteiger charge is 2.18. The number of benzene rings is 2. The first-order chi connectivity index (χ1) is 11.2. The molecule has 0 atom stereocenters. The van der Waals surface area contributed by atoms with Crippen molar-refractivity contribution in [2.75, 3.05) is 26.2 Å². The fourth-order valence-electron chi connectivity index (χ4n) is 2.76. The van der Waals surface area contributed by atoms with Crippen LogP contribution in [0.4, 0.5) is 0 Å². The van der Waals surface area contributed by atoms with Crippen molar-refractivity contribution in [2.45, 2.75) is 6.54 Å². The molecule has 120 valence electrons. The predicted octanol–water partition coefficient (Wildman–Crippen LogP) is 1.89. The third kappa shape index (κ3) is 4.56. The minimum atomic E-state index is 0.255. The summed E-state index contributed by atoms with van der Waals surface area (Å²) in [6.45, 7) is 5.11. The lowest BCUT2D eigenvalue weighted by molar-refractivity contribution is -0.918. The smallest absolute Gasteiger partial charge is 0.124 e. The first kappa shape index (κ1) is 16.0. The number of piperazine rings is 1. The third-order valence-electron chi connectivity index (χ3n) is 4.09. The van der Waals surface area contributed by atoms with Gasteiger partial charge in [0.05, 0.1) is 32.4 Å². The monoisotopic (exact) mass is 374 g/mol. The molecule has 0 aliphatic carbocycles. The molecule has 0 radical (unpaired) electrons. The Balaban J connectivity index is 1.53. The van der Waals surface area contributed by atoms with Crippen LogP contribution in [0, 0.1) is 0 Å². The van der Waals surface area contributed by atoms with Gasteiger partial charge in [0, 0.05) is 15.6 Å². The molecule has 0 amide bonds. The van der Waals surface area contributed by atoms with Gasteiger partial charge in [-0.3, -0.25) is 5.01 Å². The van der Waals surface area contributed by atoms with Gasteiger partial charge in [0.15, 0.2) is 0 Å². The molecular formula is C18H21BrN3O+. The van der Waals surface area contributed by atoms with Gasteiger partial charge in [0.1, 0.15) is 12.3 Å². The van der Waals surface area contributed by atoms with Crippen LogP contribution in [0.3, 0.4) is 0 Å². The molecule has 0 saturated carbocycles. The lowest BCUT2D eigenvalue weighted by Gasteiger charge is -2.30. The molecular weight excluding hydrogens is 354 g/mol. The molecule has 0 unspecified atom stereocenters. The van der Waals surface area contributed by atoms with Crippen molar-refractivity contribution < 1.29 is 10.0 Å². The molecule has 0 aromatic heterocycles. The second-order valence-electron chi connectivity index (χ2n) is 5.81. The quantitative estimate of drug-likeness (QED) is 0.802. The Morgan fingerprint density at radius 1 is 1.13 bits per heavy atom. The van der Waals surface area contributed by atoms with Crippen LogP contribution in [0.15, 0.2) is 58.1 Å². The summed E-state index contributed by atoms with van der Waals surface area (Å²) in [6.07, 6.45) is 1.74. The highest BCUT2D eigenvalue weighted by atomic mass is 79.9. The summed E-state index contributed by atoms with van der Waals surface area (Å²) in [5, 5.41) is 16.4. The Labute approximate surface area is 145 Å². The number of quaternary nitrogens is 1. The number of rotatable bonds is 4. The van der Waals surface area contributed by atoms with Crippen molar-refractivity contribution in [2.24, 2.45) is 5.10 Å². The van der Waals surface area contributed by atoms with E-state index in [1.165, 1.54) is 5.56 Å². The average Bonchev–Trinajstić information content (AvgIpc) is 2.58. The van der Waals surface area contributed by atoms with Gasteiger partial charge in [-0.25, -0.2) is 0 Å². The van der Waals surface area contributed by atoms with Crippen molar-refractivity contribution in [3.8, 4) is 5.75 Å². The van der Waals surface area contributed by atoms with Gasteiger partial charge in [0.25, 0.3) is 0 Å². The highest BCUT2D eigenvalue weighted by Crippen LogP contribution is 2.20. The molecule has 1 aliphatic rings. The van der Waals surface area contributed by atoms with Crippen LogP contribution >= 0.6 is 15.9 Å². The standard InChI is InChI=1S/C18H20BrN3O/c19-17-6-7-18(23)16(12-17)13-20-22-10-8-21(9-11-22)14-15-4-2-1-3-5-15/h1-7,12-13,23H,8-11,14H2/p+1. The van der Waals surface area contributed by atoms with Gasteiger partial charge in [-0.2, -0.15) is 5.10 Å². The summed E-state index contributed by atoms with van der Waals surface area (Å²) in [4.78, 5) is 1.59. The van der Waals surface area contributed by atoms with Crippen molar-refractivity contribution in [3.63, 3.8) is 0 Å². The topological polar surface area (TPSA) is 40.3 Å². The molecule has 23 heavy (non-hydrogen) atoms. The van der Waals surface area contributed by atoms with Gasteiger partial charge in [-0.15, -0.1) is 0 Å². The van der Waals surface area contributed by atoms with Crippen LogP contribution in [-0.2, 0) is 6.54 Å². The number of halogens is 1. The first-order valence-electron chi connectivity index (χ1n) is 7.85. The van der Waals surface area contributed by atoms with Gasteiger partial charge in [-0.05, 0) is 18.2 Å². The van der Waals surface area contributed by atoms with Crippen LogP contribution < -0.4 is 4.90 Å². The number of aromatic hydroxyl groups is 1. The molecule has 1 aliphatic heterocycles. The van der Waals surface area contributed by atoms with Gasteiger partial charge in [0.2, 0.25) is 0 Å². The molecule has 3 rings (SSSR count). The zero-order valence-corrected chi connectivity index (χ0v) is 14.5. The normalized spacial score (nSPS) is 16.1. The van der Waals surface area contributed by atoms with Crippen LogP contribution in [0.25, 0.3) is 0 Å². The Kier molecular flexibility index (Phi) is 5.31. The van der Waals surface area contributed by atoms with Crippen molar-refractivity contribution >= 4 is 22.1 Å². The minimum absolute atomic E-state index is 0.255. The summed E-state index contributed by atoms with van der Waals surface area (Å²) in [6, 6.07) is 16.0. The maximum Gasteiger partial charge on any atom is 0.124 e. The predicted molar refractivity (Wildman–Crippen MR) is 95.8 cm³/mol. The van der Waals surface area contributed by atoms with E-state index in [4.69, 9.17) is 0 Å². The highest BCUT2D eigenvalue weighted by molar-refractivity contribution is 9.10. The number of hydrogen-bond donors (Lipinski definition) is 2. The SMILES string of the molecule is Oc1ccc(Br)cc1C=NN1CC[NH+](Cc2ccccc2)CC1. The maximum atomic E-state index is 9.84. The molecule has 1 heterocycles. The number of hydrogen-bond acceptors (Lipinski definition) is 3. The maximum absolute atomic E-state index is 9.84. The molecule has 0 spiro atoms. The number of phenols is 1. The van der Waals surface area contributed by atoms with E-state index in [0.717, 1.165) is 42.8 Å². The lowest BCUT2D eigenvalue weighted by atomic mass is 10.2. The van der Waals surface area contributed by atoms with Crippen LogP contribution in [0.5, 0.6) is 5.75 Å². The van der Waals surface area contributed by atoms with Crippen molar-refractivity contribution in [1.29, 1.82) is 0 Å². The van der Waals surface area contributed by atoms with E-state index in [-0.39, 0.29) is 5.75 Å². The molecule has 2 aromatic carbocycles. The summed E-state index contributed by atoms with van der Waals surface area (Å²) in [5.41, 5.74) is 2.12. The molecule has 4 nitrogen and oxygen atoms in total. The Morgan fingerprint density at radius 2 is 1.87 bits per heavy atom. The van der Waals surface area contributed by atoms with E-state index in [1.54, 1.807) is 17.2 Å². The van der Waals surface area contributed by atoms with E-state index >= 15 is 0 Å². The third-order valence-corrected chi connectivity index (χ3v) is 4.59. The van der Waals surface area contributed by atoms with E-state index in [9.17, 15) is 5.11 Å². The fraction of sp³-hybridized carbons (Fsp3) is 0.278. The Morgan fingerprint density at radius 3 is 2.61 bits per heavy atom. The minimum Gasteiger partial charge on any atom is -0.507 e. The van der Waals surface area contributed by atoms with Crippen molar-refractivity contribution in [3.05, 3.63) is 64.1 Å². The molecule has 2 aromatic rings. The first-order valence-corrected chi connectivity index (χ1v) is 8.65. The van der Waals surface area contributed by atoms with Gasteiger partial charge in [-0.1, -0.05) is 46.3 Å². The van der Waals surface area contributed by atoms with Crippen molar-refractivity contribution in [1.82, 2.24) is 5.01 Å². The summed E-state index contributed by atoms with van der Waals surface area (Å²) in [7, 11) is 0. The molecule has 1 fully saturated rings. The van der Waals surface area contributed by atoms with E-state index in [2.05, 4.69) is 56.4 Å². The van der Waals surface area contributed by atoms with E-state index < -0.39 is 0 Å². The van der Waals surface area contributed by atoms with Gasteiger partial charge < -0.3 is 10.0 Å². The zero-order valence-electron chi connectivity index (χ0n) is 13.0. The Bertz CT molecular complexity index is 667. The van der Waals surface area contributed by atoms with Crippen LogP contribution in [-0.4, -0.2) is 42.5 Å². The average molecular weight is 375 g/mol.